The van der Waals surface area contributed by atoms with E-state index in [2.05, 4.69) is 29.6 Å². The minimum atomic E-state index is -0.509. The van der Waals surface area contributed by atoms with Crippen molar-refractivity contribution in [2.75, 3.05) is 13.2 Å². The van der Waals surface area contributed by atoms with Gasteiger partial charge in [-0.1, -0.05) is 72.0 Å². The van der Waals surface area contributed by atoms with Crippen molar-refractivity contribution in [3.63, 3.8) is 0 Å². The highest BCUT2D eigenvalue weighted by Gasteiger charge is 2.28. The quantitative estimate of drug-likeness (QED) is 0.215. The van der Waals surface area contributed by atoms with Crippen LogP contribution in [0.1, 0.15) is 38.7 Å². The van der Waals surface area contributed by atoms with Crippen LogP contribution in [0.3, 0.4) is 0 Å². The summed E-state index contributed by atoms with van der Waals surface area (Å²) in [5.41, 5.74) is 5.02. The fraction of sp³-hybridized carbons (Fsp3) is 0.167. The average molecular weight is 449 g/mol. The molecule has 162 valence electrons. The molecular weight excluding hydrogens is 428 g/mol. The van der Waals surface area contributed by atoms with Crippen LogP contribution in [0, 0.1) is 10.1 Å². The SMILES string of the molecule is O=Cc1cc(C=CCCNC(=O)OCC2c3ccccc3-c3ccccc32)c([N+](=O)[O-])s1. The number of ether oxygens (including phenoxy) is 1. The van der Waals surface area contributed by atoms with E-state index in [1.807, 2.05) is 24.3 Å². The van der Waals surface area contributed by atoms with Gasteiger partial charge in [0.25, 0.3) is 0 Å². The Labute approximate surface area is 188 Å². The van der Waals surface area contributed by atoms with Gasteiger partial charge in [0.1, 0.15) is 6.61 Å². The summed E-state index contributed by atoms with van der Waals surface area (Å²) in [6.07, 6.45) is 3.85. The molecule has 0 spiro atoms. The minimum Gasteiger partial charge on any atom is -0.449 e. The van der Waals surface area contributed by atoms with E-state index in [1.165, 1.54) is 17.2 Å². The molecule has 0 saturated heterocycles. The first-order chi connectivity index (χ1) is 15.6. The van der Waals surface area contributed by atoms with Crippen LogP contribution < -0.4 is 5.32 Å². The number of nitrogens with zero attached hydrogens (tertiary/aromatic N) is 1. The van der Waals surface area contributed by atoms with E-state index < -0.39 is 11.0 Å². The second-order valence-electron chi connectivity index (χ2n) is 7.23. The summed E-state index contributed by atoms with van der Waals surface area (Å²) in [5, 5.41) is 13.7. The Bertz CT molecular complexity index is 1160. The molecule has 32 heavy (non-hydrogen) atoms. The van der Waals surface area contributed by atoms with Crippen LogP contribution in [0.15, 0.2) is 60.7 Å². The smallest absolute Gasteiger partial charge is 0.407 e. The van der Waals surface area contributed by atoms with Crippen LogP contribution in [0.5, 0.6) is 0 Å². The third kappa shape index (κ3) is 4.45. The summed E-state index contributed by atoms with van der Waals surface area (Å²) in [6, 6.07) is 17.7. The summed E-state index contributed by atoms with van der Waals surface area (Å²) in [4.78, 5) is 33.8. The van der Waals surface area contributed by atoms with Crippen LogP contribution in [0.2, 0.25) is 0 Å². The zero-order chi connectivity index (χ0) is 22.5. The Morgan fingerprint density at radius 2 is 1.78 bits per heavy atom. The van der Waals surface area contributed by atoms with Crippen molar-refractivity contribution in [2.24, 2.45) is 0 Å². The van der Waals surface area contributed by atoms with E-state index in [4.69, 9.17) is 4.74 Å². The van der Waals surface area contributed by atoms with Crippen LogP contribution in [-0.4, -0.2) is 30.5 Å². The number of carbonyl (C=O) groups excluding carboxylic acids is 2. The fourth-order valence-corrected chi connectivity index (χ4v) is 4.63. The van der Waals surface area contributed by atoms with Gasteiger partial charge in [0.05, 0.1) is 15.4 Å². The van der Waals surface area contributed by atoms with Gasteiger partial charge < -0.3 is 10.1 Å². The van der Waals surface area contributed by atoms with Gasteiger partial charge in [0.2, 0.25) is 0 Å². The number of rotatable bonds is 8. The number of hydrogen-bond donors (Lipinski definition) is 1. The Balaban J connectivity index is 1.29. The van der Waals surface area contributed by atoms with Gasteiger partial charge in [0, 0.05) is 12.5 Å². The molecule has 1 aromatic heterocycles. The monoisotopic (exact) mass is 448 g/mol. The second kappa shape index (κ2) is 9.57. The van der Waals surface area contributed by atoms with Gasteiger partial charge in [-0.15, -0.1) is 0 Å². The van der Waals surface area contributed by atoms with Gasteiger partial charge in [-0.3, -0.25) is 14.9 Å². The number of fused-ring (bicyclic) bond motifs is 3. The maximum absolute atomic E-state index is 12.2. The first kappa shape index (κ1) is 21.5. The largest absolute Gasteiger partial charge is 0.449 e. The van der Waals surface area contributed by atoms with Crippen LogP contribution >= 0.6 is 11.3 Å². The summed E-state index contributed by atoms with van der Waals surface area (Å²) in [5.74, 6) is -0.000740. The molecule has 0 bridgehead atoms. The highest BCUT2D eigenvalue weighted by atomic mass is 32.1. The molecule has 2 aromatic carbocycles. The van der Waals surface area contributed by atoms with Crippen molar-refractivity contribution >= 4 is 34.8 Å². The number of aldehydes is 1. The maximum Gasteiger partial charge on any atom is 0.407 e. The normalized spacial score (nSPS) is 12.4. The van der Waals surface area contributed by atoms with Gasteiger partial charge in [-0.2, -0.15) is 0 Å². The molecule has 3 aromatic rings. The van der Waals surface area contributed by atoms with E-state index >= 15 is 0 Å². The van der Waals surface area contributed by atoms with Crippen molar-refractivity contribution in [1.29, 1.82) is 0 Å². The molecule has 1 heterocycles. The van der Waals surface area contributed by atoms with E-state index in [1.54, 1.807) is 12.2 Å². The molecule has 1 aliphatic carbocycles. The highest BCUT2D eigenvalue weighted by Crippen LogP contribution is 2.44. The van der Waals surface area contributed by atoms with E-state index in [0.717, 1.165) is 22.5 Å². The average Bonchev–Trinajstić information content (AvgIpc) is 3.37. The number of nitro groups is 1. The van der Waals surface area contributed by atoms with Gasteiger partial charge in [-0.25, -0.2) is 4.79 Å². The third-order valence-electron chi connectivity index (χ3n) is 5.26. The lowest BCUT2D eigenvalue weighted by Gasteiger charge is -2.14. The molecule has 0 fully saturated rings. The molecular formula is C24H20N2O5S. The number of benzene rings is 2. The molecule has 0 unspecified atom stereocenters. The van der Waals surface area contributed by atoms with Crippen LogP contribution in [0.25, 0.3) is 17.2 Å². The van der Waals surface area contributed by atoms with Crippen LogP contribution in [-0.2, 0) is 4.74 Å². The number of thiophene rings is 1. The molecule has 4 rings (SSSR count). The lowest BCUT2D eigenvalue weighted by Crippen LogP contribution is -2.26. The molecule has 0 aliphatic heterocycles. The highest BCUT2D eigenvalue weighted by molar-refractivity contribution is 7.17. The van der Waals surface area contributed by atoms with E-state index in [0.29, 0.717) is 29.7 Å². The molecule has 1 amide bonds. The van der Waals surface area contributed by atoms with E-state index in [9.17, 15) is 19.7 Å². The molecule has 1 N–H and O–H groups in total. The zero-order valence-corrected chi connectivity index (χ0v) is 17.8. The number of amides is 1. The molecule has 0 radical (unpaired) electrons. The molecule has 7 nitrogen and oxygen atoms in total. The van der Waals surface area contributed by atoms with Crippen molar-refractivity contribution in [1.82, 2.24) is 5.32 Å². The van der Waals surface area contributed by atoms with Crippen molar-refractivity contribution in [2.45, 2.75) is 12.3 Å². The van der Waals surface area contributed by atoms with Crippen molar-refractivity contribution in [3.05, 3.63) is 92.4 Å². The second-order valence-corrected chi connectivity index (χ2v) is 8.29. The Kier molecular flexibility index (Phi) is 6.42. The first-order valence-corrected chi connectivity index (χ1v) is 10.9. The lowest BCUT2D eigenvalue weighted by atomic mass is 9.98. The predicted molar refractivity (Wildman–Crippen MR) is 123 cm³/mol. The van der Waals surface area contributed by atoms with Crippen LogP contribution in [0.4, 0.5) is 9.80 Å². The van der Waals surface area contributed by atoms with Gasteiger partial charge in [0.15, 0.2) is 6.29 Å². The summed E-state index contributed by atoms with van der Waals surface area (Å²) in [6.45, 7) is 0.566. The molecule has 0 saturated carbocycles. The first-order valence-electron chi connectivity index (χ1n) is 10.1. The number of carbonyl (C=O) groups is 2. The Morgan fingerprint density at radius 1 is 1.12 bits per heavy atom. The number of nitrogens with one attached hydrogen (secondary N) is 1. The lowest BCUT2D eigenvalue weighted by molar-refractivity contribution is -0.380. The molecule has 8 heteroatoms. The Hall–Kier alpha value is -3.78. The summed E-state index contributed by atoms with van der Waals surface area (Å²) >= 11 is 0.837. The standard InChI is InChI=1S/C24H20N2O5S/c27-14-17-13-16(23(32-17)26(29)30)7-5-6-12-25-24(28)31-15-22-20-10-3-1-8-18(20)19-9-2-4-11-21(19)22/h1-5,7-11,13-14,22H,6,12,15H2,(H,25,28). The minimum absolute atomic E-state index is 0.000740. The van der Waals surface area contributed by atoms with Gasteiger partial charge >= 0.3 is 11.1 Å². The number of alkyl carbamates (subject to hydrolysis) is 1. The zero-order valence-electron chi connectivity index (χ0n) is 17.0. The molecule has 1 aliphatic rings. The third-order valence-corrected chi connectivity index (χ3v) is 6.29. The Morgan fingerprint density at radius 3 is 2.41 bits per heavy atom. The molecule has 0 atom stereocenters. The van der Waals surface area contributed by atoms with Crippen molar-refractivity contribution in [3.8, 4) is 11.1 Å². The summed E-state index contributed by atoms with van der Waals surface area (Å²) < 4.78 is 5.47. The van der Waals surface area contributed by atoms with E-state index in [-0.39, 0.29) is 17.5 Å². The topological polar surface area (TPSA) is 98.5 Å². The predicted octanol–water partition coefficient (Wildman–Crippen LogP) is 5.41. The summed E-state index contributed by atoms with van der Waals surface area (Å²) in [7, 11) is 0. The maximum atomic E-state index is 12.2. The fourth-order valence-electron chi connectivity index (χ4n) is 3.85. The van der Waals surface area contributed by atoms with Crippen molar-refractivity contribution < 1.29 is 19.2 Å². The van der Waals surface area contributed by atoms with Gasteiger partial charge in [-0.05, 0) is 34.7 Å². The number of hydrogen-bond acceptors (Lipinski definition) is 6.